The highest BCUT2D eigenvalue weighted by Crippen LogP contribution is 2.32. The van der Waals surface area contributed by atoms with Gasteiger partial charge in [-0.25, -0.2) is 0 Å². The summed E-state index contributed by atoms with van der Waals surface area (Å²) in [7, 11) is 0. The first-order chi connectivity index (χ1) is 12.7. The van der Waals surface area contributed by atoms with Crippen molar-refractivity contribution in [3.05, 3.63) is 108 Å². The number of aliphatic hydroxyl groups is 1. The fourth-order valence-electron chi connectivity index (χ4n) is 3.42. The zero-order valence-corrected chi connectivity index (χ0v) is 15.3. The molecule has 3 rings (SSSR count). The van der Waals surface area contributed by atoms with Gasteiger partial charge in [0.05, 0.1) is 0 Å². The van der Waals surface area contributed by atoms with E-state index in [1.165, 1.54) is 5.56 Å². The zero-order valence-electron chi connectivity index (χ0n) is 15.3. The van der Waals surface area contributed by atoms with Crippen molar-refractivity contribution in [3.8, 4) is 0 Å². The summed E-state index contributed by atoms with van der Waals surface area (Å²) in [5, 5.41) is 15.1. The molecule has 0 aliphatic rings. The van der Waals surface area contributed by atoms with Crippen LogP contribution in [0.5, 0.6) is 0 Å². The predicted octanol–water partition coefficient (Wildman–Crippen LogP) is 4.53. The van der Waals surface area contributed by atoms with Crippen LogP contribution in [0.2, 0.25) is 0 Å². The van der Waals surface area contributed by atoms with Crippen LogP contribution < -0.4 is 5.32 Å². The molecular formula is C24H27NO. The molecule has 0 aliphatic heterocycles. The van der Waals surface area contributed by atoms with Crippen molar-refractivity contribution in [2.24, 2.45) is 0 Å². The van der Waals surface area contributed by atoms with E-state index in [0.29, 0.717) is 12.5 Å². The largest absolute Gasteiger partial charge is 0.380 e. The molecule has 2 N–H and O–H groups in total. The quantitative estimate of drug-likeness (QED) is 0.628. The first-order valence-electron chi connectivity index (χ1n) is 9.29. The van der Waals surface area contributed by atoms with Gasteiger partial charge in [0, 0.05) is 6.04 Å². The third kappa shape index (κ3) is 4.60. The fourth-order valence-corrected chi connectivity index (χ4v) is 3.42. The highest BCUT2D eigenvalue weighted by atomic mass is 16.3. The fraction of sp³-hybridized carbons (Fsp3) is 0.250. The maximum atomic E-state index is 11.5. The molecule has 26 heavy (non-hydrogen) atoms. The van der Waals surface area contributed by atoms with Gasteiger partial charge in [-0.2, -0.15) is 0 Å². The topological polar surface area (TPSA) is 32.3 Å². The van der Waals surface area contributed by atoms with Crippen LogP contribution in [0.15, 0.2) is 91.0 Å². The molecule has 2 nitrogen and oxygen atoms in total. The van der Waals surface area contributed by atoms with Gasteiger partial charge in [-0.15, -0.1) is 0 Å². The summed E-state index contributed by atoms with van der Waals surface area (Å²) in [5.74, 6) is 0. The highest BCUT2D eigenvalue weighted by Gasteiger charge is 2.30. The summed E-state index contributed by atoms with van der Waals surface area (Å²) in [5.41, 5.74) is 2.21. The second-order valence-corrected chi connectivity index (χ2v) is 6.89. The predicted molar refractivity (Wildman–Crippen MR) is 108 cm³/mol. The molecule has 0 amide bonds. The lowest BCUT2D eigenvalue weighted by molar-refractivity contribution is 0.0704. The zero-order chi connectivity index (χ0) is 18.2. The lowest BCUT2D eigenvalue weighted by atomic mass is 9.83. The van der Waals surface area contributed by atoms with Gasteiger partial charge in [-0.05, 0) is 43.0 Å². The van der Waals surface area contributed by atoms with E-state index in [1.54, 1.807) is 0 Å². The minimum Gasteiger partial charge on any atom is -0.380 e. The van der Waals surface area contributed by atoms with Crippen LogP contribution in [0.25, 0.3) is 0 Å². The first-order valence-corrected chi connectivity index (χ1v) is 9.29. The van der Waals surface area contributed by atoms with Crippen LogP contribution in [-0.2, 0) is 12.0 Å². The van der Waals surface area contributed by atoms with E-state index >= 15 is 0 Å². The van der Waals surface area contributed by atoms with Gasteiger partial charge in [0.25, 0.3) is 0 Å². The van der Waals surface area contributed by atoms with Crippen molar-refractivity contribution in [1.29, 1.82) is 0 Å². The Balaban J connectivity index is 1.67. The molecule has 0 aliphatic carbocycles. The number of benzene rings is 3. The van der Waals surface area contributed by atoms with Crippen LogP contribution in [-0.4, -0.2) is 17.7 Å². The van der Waals surface area contributed by atoms with Gasteiger partial charge >= 0.3 is 0 Å². The number of hydrogen-bond acceptors (Lipinski definition) is 2. The Bertz CT molecular complexity index is 732. The molecule has 0 aromatic heterocycles. The third-order valence-corrected chi connectivity index (χ3v) is 4.87. The van der Waals surface area contributed by atoms with Crippen LogP contribution >= 0.6 is 0 Å². The Labute approximate surface area is 156 Å². The molecule has 134 valence electrons. The van der Waals surface area contributed by atoms with Gasteiger partial charge in [-0.3, -0.25) is 0 Å². The minimum absolute atomic E-state index is 0.355. The van der Waals surface area contributed by atoms with Crippen LogP contribution in [0.3, 0.4) is 0 Å². The van der Waals surface area contributed by atoms with E-state index in [1.807, 2.05) is 66.7 Å². The second kappa shape index (κ2) is 8.79. The molecule has 0 saturated heterocycles. The van der Waals surface area contributed by atoms with Crippen molar-refractivity contribution >= 4 is 0 Å². The molecule has 0 saturated carbocycles. The Morgan fingerprint density at radius 2 is 1.23 bits per heavy atom. The monoisotopic (exact) mass is 345 g/mol. The summed E-state index contributed by atoms with van der Waals surface area (Å²) < 4.78 is 0. The standard InChI is InChI=1S/C24H27NO/c1-20(19-21-11-5-2-6-12-21)25-18-17-24(26,22-13-7-3-8-14-22)23-15-9-4-10-16-23/h2-16,20,25-26H,17-19H2,1H3. The summed E-state index contributed by atoms with van der Waals surface area (Å²) >= 11 is 0. The van der Waals surface area contributed by atoms with Gasteiger partial charge < -0.3 is 10.4 Å². The average Bonchev–Trinajstić information content (AvgIpc) is 2.70. The molecule has 0 fully saturated rings. The Morgan fingerprint density at radius 1 is 0.769 bits per heavy atom. The second-order valence-electron chi connectivity index (χ2n) is 6.89. The molecule has 3 aromatic carbocycles. The average molecular weight is 345 g/mol. The van der Waals surface area contributed by atoms with E-state index in [2.05, 4.69) is 36.5 Å². The van der Waals surface area contributed by atoms with Gasteiger partial charge in [0.1, 0.15) is 5.60 Å². The van der Waals surface area contributed by atoms with E-state index in [9.17, 15) is 5.11 Å². The summed E-state index contributed by atoms with van der Waals surface area (Å²) in [6.07, 6.45) is 1.61. The number of nitrogens with one attached hydrogen (secondary N) is 1. The van der Waals surface area contributed by atoms with Gasteiger partial charge in [0.2, 0.25) is 0 Å². The van der Waals surface area contributed by atoms with E-state index in [-0.39, 0.29) is 0 Å². The summed E-state index contributed by atoms with van der Waals surface area (Å²) in [6, 6.07) is 30.7. The van der Waals surface area contributed by atoms with Crippen molar-refractivity contribution in [3.63, 3.8) is 0 Å². The van der Waals surface area contributed by atoms with E-state index < -0.39 is 5.60 Å². The molecule has 0 bridgehead atoms. The van der Waals surface area contributed by atoms with E-state index in [4.69, 9.17) is 0 Å². The molecular weight excluding hydrogens is 318 g/mol. The molecule has 1 atom stereocenters. The number of rotatable bonds is 8. The summed E-state index contributed by atoms with van der Waals surface area (Å²) in [4.78, 5) is 0. The lowest BCUT2D eigenvalue weighted by Gasteiger charge is -2.30. The number of hydrogen-bond donors (Lipinski definition) is 2. The highest BCUT2D eigenvalue weighted by molar-refractivity contribution is 5.35. The molecule has 0 heterocycles. The molecule has 2 heteroatoms. The van der Waals surface area contributed by atoms with Crippen molar-refractivity contribution in [2.45, 2.75) is 31.4 Å². The lowest BCUT2D eigenvalue weighted by Crippen LogP contribution is -2.36. The molecule has 1 unspecified atom stereocenters. The van der Waals surface area contributed by atoms with Crippen molar-refractivity contribution in [2.75, 3.05) is 6.54 Å². The normalized spacial score (nSPS) is 12.7. The Kier molecular flexibility index (Phi) is 6.21. The van der Waals surface area contributed by atoms with Crippen molar-refractivity contribution < 1.29 is 5.11 Å². The molecule has 0 radical (unpaired) electrons. The van der Waals surface area contributed by atoms with Gasteiger partial charge in [-0.1, -0.05) is 91.0 Å². The maximum absolute atomic E-state index is 11.5. The Morgan fingerprint density at radius 3 is 1.73 bits per heavy atom. The first kappa shape index (κ1) is 18.4. The SMILES string of the molecule is CC(Cc1ccccc1)NCCC(O)(c1ccccc1)c1ccccc1. The third-order valence-electron chi connectivity index (χ3n) is 4.87. The van der Waals surface area contributed by atoms with Crippen LogP contribution in [0, 0.1) is 0 Å². The Hall–Kier alpha value is -2.42. The smallest absolute Gasteiger partial charge is 0.116 e. The maximum Gasteiger partial charge on any atom is 0.116 e. The van der Waals surface area contributed by atoms with E-state index in [0.717, 1.165) is 24.1 Å². The van der Waals surface area contributed by atoms with Crippen LogP contribution in [0.1, 0.15) is 30.0 Å². The molecule has 0 spiro atoms. The van der Waals surface area contributed by atoms with Crippen LogP contribution in [0.4, 0.5) is 0 Å². The molecule has 3 aromatic rings. The van der Waals surface area contributed by atoms with Gasteiger partial charge in [0.15, 0.2) is 0 Å². The minimum atomic E-state index is -0.984. The summed E-state index contributed by atoms with van der Waals surface area (Å²) in [6.45, 7) is 2.94. The van der Waals surface area contributed by atoms with Crippen molar-refractivity contribution in [1.82, 2.24) is 5.32 Å².